The number of rotatable bonds is 5. The number of benzene rings is 5. The van der Waals surface area contributed by atoms with E-state index in [0.717, 1.165) is 72.4 Å². The van der Waals surface area contributed by atoms with Gasteiger partial charge in [0.25, 0.3) is 0 Å². The lowest BCUT2D eigenvalue weighted by Gasteiger charge is -2.14. The lowest BCUT2D eigenvalue weighted by Crippen LogP contribution is -1.98. The third-order valence-electron chi connectivity index (χ3n) is 8.17. The molecule has 0 spiro atoms. The summed E-state index contributed by atoms with van der Waals surface area (Å²) in [5.41, 5.74) is 11.6. The maximum Gasteiger partial charge on any atom is 0.160 e. The van der Waals surface area contributed by atoms with Crippen LogP contribution in [-0.4, -0.2) is 19.9 Å². The van der Waals surface area contributed by atoms with Crippen LogP contribution in [-0.2, 0) is 0 Å². The Hall–Kier alpha value is -6.00. The van der Waals surface area contributed by atoms with Gasteiger partial charge in [-0.05, 0) is 36.2 Å². The van der Waals surface area contributed by atoms with Crippen LogP contribution in [0.15, 0.2) is 152 Å². The molecule has 0 aliphatic rings. The fourth-order valence-electron chi connectivity index (χ4n) is 5.85. The molecule has 4 nitrogen and oxygen atoms in total. The number of fused-ring (bicyclic) bond motifs is 3. The van der Waals surface area contributed by atoms with Gasteiger partial charge in [-0.1, -0.05) is 133 Å². The minimum absolute atomic E-state index is 0.673. The lowest BCUT2D eigenvalue weighted by molar-refractivity contribution is 1.18. The van der Waals surface area contributed by atoms with E-state index >= 15 is 0 Å². The molecular formula is C41H28N4. The van der Waals surface area contributed by atoms with Gasteiger partial charge in [-0.25, -0.2) is 15.0 Å². The Labute approximate surface area is 261 Å². The number of hydrogen-bond acceptors (Lipinski definition) is 4. The second-order valence-corrected chi connectivity index (χ2v) is 11.2. The van der Waals surface area contributed by atoms with Gasteiger partial charge < -0.3 is 0 Å². The first kappa shape index (κ1) is 26.6. The molecule has 212 valence electrons. The quantitative estimate of drug-likeness (QED) is 0.191. The van der Waals surface area contributed by atoms with Crippen molar-refractivity contribution >= 4 is 21.8 Å². The first-order valence-electron chi connectivity index (χ1n) is 15.1. The van der Waals surface area contributed by atoms with Crippen molar-refractivity contribution in [2.75, 3.05) is 0 Å². The van der Waals surface area contributed by atoms with Crippen molar-refractivity contribution in [3.63, 3.8) is 0 Å². The standard InChI is InChI=1S/C41H28N4/c1-27-17-18-32-23-24-34-35(25-36(30-13-7-3-8-14-30)43-40(34)39(32)42-27)38-26-37(31-15-9-4-10-16-31)44-41(45-38)33-21-19-29(20-22-33)28-11-5-2-6-12-28/h2-26H,1H3. The first-order valence-corrected chi connectivity index (χ1v) is 15.1. The number of aromatic nitrogens is 4. The highest BCUT2D eigenvalue weighted by atomic mass is 14.9. The molecule has 8 rings (SSSR count). The van der Waals surface area contributed by atoms with E-state index in [2.05, 4.69) is 103 Å². The van der Waals surface area contributed by atoms with Gasteiger partial charge in [0.15, 0.2) is 5.82 Å². The first-order chi connectivity index (χ1) is 22.2. The molecule has 3 heterocycles. The van der Waals surface area contributed by atoms with Crippen molar-refractivity contribution in [2.45, 2.75) is 6.92 Å². The summed E-state index contributed by atoms with van der Waals surface area (Å²) >= 11 is 0. The Balaban J connectivity index is 1.38. The zero-order valence-corrected chi connectivity index (χ0v) is 24.7. The van der Waals surface area contributed by atoms with Crippen LogP contribution in [0.25, 0.3) is 78.1 Å². The molecule has 8 aromatic rings. The molecule has 0 saturated heterocycles. The maximum atomic E-state index is 5.23. The highest BCUT2D eigenvalue weighted by Crippen LogP contribution is 2.36. The summed E-state index contributed by atoms with van der Waals surface area (Å²) in [6, 6.07) is 52.2. The second kappa shape index (κ2) is 11.3. The van der Waals surface area contributed by atoms with Crippen LogP contribution >= 0.6 is 0 Å². The van der Waals surface area contributed by atoms with E-state index in [1.807, 2.05) is 55.5 Å². The fourth-order valence-corrected chi connectivity index (χ4v) is 5.85. The zero-order chi connectivity index (χ0) is 30.2. The summed E-state index contributed by atoms with van der Waals surface area (Å²) in [6.45, 7) is 2.02. The van der Waals surface area contributed by atoms with Crippen LogP contribution in [0.3, 0.4) is 0 Å². The van der Waals surface area contributed by atoms with Crippen LogP contribution in [0, 0.1) is 6.92 Å². The van der Waals surface area contributed by atoms with Gasteiger partial charge in [0.2, 0.25) is 0 Å². The number of aryl methyl sites for hydroxylation is 1. The van der Waals surface area contributed by atoms with E-state index in [1.54, 1.807) is 0 Å². The summed E-state index contributed by atoms with van der Waals surface area (Å²) in [6.07, 6.45) is 0. The predicted octanol–water partition coefficient (Wildman–Crippen LogP) is 10.2. The van der Waals surface area contributed by atoms with E-state index < -0.39 is 0 Å². The SMILES string of the molecule is Cc1ccc2ccc3c(-c4cc(-c5ccccc5)nc(-c5ccc(-c6ccccc6)cc5)n4)cc(-c4ccccc4)nc3c2n1. The molecule has 0 unspecified atom stereocenters. The Morgan fingerprint density at radius 3 is 1.58 bits per heavy atom. The average molecular weight is 577 g/mol. The molecule has 0 saturated carbocycles. The summed E-state index contributed by atoms with van der Waals surface area (Å²) in [7, 11) is 0. The Bertz CT molecular complexity index is 2300. The Morgan fingerprint density at radius 2 is 0.911 bits per heavy atom. The molecule has 4 heteroatoms. The summed E-state index contributed by atoms with van der Waals surface area (Å²) in [4.78, 5) is 20.4. The van der Waals surface area contributed by atoms with Gasteiger partial charge in [0, 0.05) is 38.7 Å². The molecule has 5 aromatic carbocycles. The van der Waals surface area contributed by atoms with Gasteiger partial charge in [-0.2, -0.15) is 0 Å². The van der Waals surface area contributed by atoms with E-state index in [1.165, 1.54) is 5.56 Å². The van der Waals surface area contributed by atoms with Crippen molar-refractivity contribution in [2.24, 2.45) is 0 Å². The average Bonchev–Trinajstić information content (AvgIpc) is 3.12. The molecule has 0 fully saturated rings. The van der Waals surface area contributed by atoms with Gasteiger partial charge in [0.05, 0.1) is 28.1 Å². The van der Waals surface area contributed by atoms with Crippen molar-refractivity contribution in [1.29, 1.82) is 0 Å². The number of nitrogens with zero attached hydrogens (tertiary/aromatic N) is 4. The molecule has 0 aliphatic heterocycles. The fraction of sp³-hybridized carbons (Fsp3) is 0.0244. The third kappa shape index (κ3) is 5.13. The van der Waals surface area contributed by atoms with E-state index in [9.17, 15) is 0 Å². The van der Waals surface area contributed by atoms with Crippen molar-refractivity contribution in [1.82, 2.24) is 19.9 Å². The van der Waals surface area contributed by atoms with Gasteiger partial charge in [-0.3, -0.25) is 4.98 Å². The minimum Gasteiger partial charge on any atom is -0.251 e. The largest absolute Gasteiger partial charge is 0.251 e. The van der Waals surface area contributed by atoms with Crippen molar-refractivity contribution in [3.8, 4) is 56.3 Å². The smallest absolute Gasteiger partial charge is 0.160 e. The van der Waals surface area contributed by atoms with E-state index in [0.29, 0.717) is 5.82 Å². The van der Waals surface area contributed by atoms with Gasteiger partial charge in [0.1, 0.15) is 0 Å². The summed E-state index contributed by atoms with van der Waals surface area (Å²) < 4.78 is 0. The molecule has 0 amide bonds. The molecular weight excluding hydrogens is 548 g/mol. The number of pyridine rings is 2. The van der Waals surface area contributed by atoms with Crippen molar-refractivity contribution in [3.05, 3.63) is 157 Å². The lowest BCUT2D eigenvalue weighted by atomic mass is 9.98. The third-order valence-corrected chi connectivity index (χ3v) is 8.17. The molecule has 0 radical (unpaired) electrons. The number of hydrogen-bond donors (Lipinski definition) is 0. The topological polar surface area (TPSA) is 51.6 Å². The van der Waals surface area contributed by atoms with E-state index in [4.69, 9.17) is 19.9 Å². The highest BCUT2D eigenvalue weighted by Gasteiger charge is 2.17. The van der Waals surface area contributed by atoms with Gasteiger partial charge >= 0.3 is 0 Å². The Kier molecular flexibility index (Phi) is 6.65. The molecule has 3 aromatic heterocycles. The van der Waals surface area contributed by atoms with Crippen molar-refractivity contribution < 1.29 is 0 Å². The van der Waals surface area contributed by atoms with E-state index in [-0.39, 0.29) is 0 Å². The normalized spacial score (nSPS) is 11.2. The monoisotopic (exact) mass is 576 g/mol. The summed E-state index contributed by atoms with van der Waals surface area (Å²) in [5.74, 6) is 0.673. The molecule has 45 heavy (non-hydrogen) atoms. The minimum atomic E-state index is 0.673. The Morgan fingerprint density at radius 1 is 0.378 bits per heavy atom. The molecule has 0 bridgehead atoms. The van der Waals surface area contributed by atoms with Crippen LogP contribution in [0.4, 0.5) is 0 Å². The predicted molar refractivity (Wildman–Crippen MR) is 185 cm³/mol. The highest BCUT2D eigenvalue weighted by molar-refractivity contribution is 6.09. The second-order valence-electron chi connectivity index (χ2n) is 11.2. The van der Waals surface area contributed by atoms with Gasteiger partial charge in [-0.15, -0.1) is 0 Å². The maximum absolute atomic E-state index is 5.23. The van der Waals surface area contributed by atoms with Crippen LogP contribution in [0.5, 0.6) is 0 Å². The molecule has 0 N–H and O–H groups in total. The van der Waals surface area contributed by atoms with Crippen LogP contribution in [0.2, 0.25) is 0 Å². The molecule has 0 aliphatic carbocycles. The zero-order valence-electron chi connectivity index (χ0n) is 24.7. The van der Waals surface area contributed by atoms with Crippen LogP contribution in [0.1, 0.15) is 5.69 Å². The summed E-state index contributed by atoms with van der Waals surface area (Å²) in [5, 5.41) is 2.06. The van der Waals surface area contributed by atoms with Crippen LogP contribution < -0.4 is 0 Å². The molecule has 0 atom stereocenters.